The molecule has 1 fully saturated rings. The number of carbonyl (C=O) groups excluding carboxylic acids is 1. The molecule has 0 saturated carbocycles. The molecule has 0 bridgehead atoms. The molecule has 1 atom stereocenters. The van der Waals surface area contributed by atoms with Gasteiger partial charge in [-0.25, -0.2) is 14.4 Å². The van der Waals surface area contributed by atoms with Crippen LogP contribution in [-0.4, -0.2) is 33.9 Å². The van der Waals surface area contributed by atoms with Gasteiger partial charge in [0, 0.05) is 19.6 Å². The largest absolute Gasteiger partial charge is 0.381 e. The fourth-order valence-electron chi connectivity index (χ4n) is 3.72. The van der Waals surface area contributed by atoms with Crippen molar-refractivity contribution in [3.63, 3.8) is 0 Å². The summed E-state index contributed by atoms with van der Waals surface area (Å²) in [7, 11) is 0. The predicted molar refractivity (Wildman–Crippen MR) is 115 cm³/mol. The lowest BCUT2D eigenvalue weighted by molar-refractivity contribution is 0.0619. The molecule has 8 heteroatoms. The van der Waals surface area contributed by atoms with Crippen LogP contribution in [0, 0.1) is 18.7 Å². The molecule has 1 unspecified atom stereocenters. The highest BCUT2D eigenvalue weighted by molar-refractivity contribution is 7.18. The van der Waals surface area contributed by atoms with Crippen LogP contribution in [0.5, 0.6) is 0 Å². The van der Waals surface area contributed by atoms with Gasteiger partial charge in [-0.3, -0.25) is 4.79 Å². The summed E-state index contributed by atoms with van der Waals surface area (Å²) in [5.74, 6) is 0.573. The summed E-state index contributed by atoms with van der Waals surface area (Å²) in [6, 6.07) is 6.17. The number of benzene rings is 1. The summed E-state index contributed by atoms with van der Waals surface area (Å²) in [4.78, 5) is 26.5. The average Bonchev–Trinajstić information content (AvgIpc) is 3.12. The third-order valence-electron chi connectivity index (χ3n) is 5.44. The molecule has 0 radical (unpaired) electrons. The molecule has 1 N–H and O–H groups in total. The Morgan fingerprint density at radius 3 is 2.87 bits per heavy atom. The number of carbonyl (C=O) groups is 1. The minimum atomic E-state index is -0.295. The van der Waals surface area contributed by atoms with Gasteiger partial charge in [0.25, 0.3) is 0 Å². The van der Waals surface area contributed by atoms with Crippen molar-refractivity contribution >= 4 is 33.4 Å². The number of halogens is 1. The molecule has 2 aromatic heterocycles. The number of ether oxygens (including phenoxy) is 1. The summed E-state index contributed by atoms with van der Waals surface area (Å²) in [5, 5.41) is 4.04. The molecule has 158 valence electrons. The smallest absolute Gasteiger partial charge is 0.225 e. The second-order valence-corrected chi connectivity index (χ2v) is 8.92. The predicted octanol–water partition coefficient (Wildman–Crippen LogP) is 5.10. The van der Waals surface area contributed by atoms with Gasteiger partial charge in [-0.1, -0.05) is 12.1 Å². The number of thiazole rings is 1. The van der Waals surface area contributed by atoms with Gasteiger partial charge in [0.15, 0.2) is 11.4 Å². The van der Waals surface area contributed by atoms with Crippen LogP contribution in [0.2, 0.25) is 0 Å². The van der Waals surface area contributed by atoms with E-state index in [1.54, 1.807) is 6.07 Å². The molecule has 3 aromatic rings. The number of nitrogens with zero attached hydrogens (tertiary/aromatic N) is 3. The minimum Gasteiger partial charge on any atom is -0.381 e. The Bertz CT molecular complexity index is 1050. The Hall–Kier alpha value is -2.45. The highest BCUT2D eigenvalue weighted by atomic mass is 32.1. The maximum Gasteiger partial charge on any atom is 0.225 e. The molecule has 6 nitrogen and oxygen atoms in total. The Balaban J connectivity index is 1.56. The number of aromatic nitrogens is 3. The first-order valence-corrected chi connectivity index (χ1v) is 11.1. The zero-order valence-corrected chi connectivity index (χ0v) is 18.0. The van der Waals surface area contributed by atoms with Gasteiger partial charge in [0.05, 0.1) is 11.0 Å². The summed E-state index contributed by atoms with van der Waals surface area (Å²) in [6.45, 7) is 5.35. The summed E-state index contributed by atoms with van der Waals surface area (Å²) in [6.07, 6.45) is 3.30. The van der Waals surface area contributed by atoms with Crippen LogP contribution in [-0.2, 0) is 4.74 Å². The molecule has 0 aliphatic carbocycles. The van der Waals surface area contributed by atoms with E-state index >= 15 is 0 Å². The number of hydrogen-bond acceptors (Lipinski definition) is 7. The van der Waals surface area contributed by atoms with Crippen molar-refractivity contribution in [2.24, 2.45) is 5.92 Å². The number of rotatable bonds is 7. The van der Waals surface area contributed by atoms with Crippen LogP contribution in [0.3, 0.4) is 0 Å². The molecule has 0 spiro atoms. The van der Waals surface area contributed by atoms with Gasteiger partial charge in [0.2, 0.25) is 5.95 Å². The van der Waals surface area contributed by atoms with Crippen LogP contribution in [0.1, 0.15) is 59.7 Å². The van der Waals surface area contributed by atoms with E-state index in [4.69, 9.17) is 4.74 Å². The van der Waals surface area contributed by atoms with Gasteiger partial charge >= 0.3 is 0 Å². The van der Waals surface area contributed by atoms with Crippen molar-refractivity contribution in [3.8, 4) is 0 Å². The third-order valence-corrected chi connectivity index (χ3v) is 6.41. The Labute approximate surface area is 178 Å². The first kappa shape index (κ1) is 20.8. The lowest BCUT2D eigenvalue weighted by atomic mass is 9.93. The SMILES string of the molecule is Cc1nc2nc(NC(C)c3cccc(F)c3)nc(C(=O)CCC3CCOCC3)c2s1. The van der Waals surface area contributed by atoms with Crippen molar-refractivity contribution in [2.75, 3.05) is 18.5 Å². The number of nitrogens with one attached hydrogen (secondary N) is 1. The van der Waals surface area contributed by atoms with Gasteiger partial charge in [-0.2, -0.15) is 4.98 Å². The molecule has 30 heavy (non-hydrogen) atoms. The van der Waals surface area contributed by atoms with E-state index < -0.39 is 0 Å². The van der Waals surface area contributed by atoms with Gasteiger partial charge in [0.1, 0.15) is 16.2 Å². The van der Waals surface area contributed by atoms with Crippen LogP contribution >= 0.6 is 11.3 Å². The van der Waals surface area contributed by atoms with Crippen LogP contribution in [0.25, 0.3) is 10.3 Å². The highest BCUT2D eigenvalue weighted by Crippen LogP contribution is 2.28. The summed E-state index contributed by atoms with van der Waals surface area (Å²) >= 11 is 1.44. The monoisotopic (exact) mass is 428 g/mol. The first-order chi connectivity index (χ1) is 14.5. The number of aryl methyl sites for hydroxylation is 1. The second-order valence-electron chi connectivity index (χ2n) is 7.72. The fourth-order valence-corrected chi connectivity index (χ4v) is 4.59. The minimum absolute atomic E-state index is 0.0130. The van der Waals surface area contributed by atoms with E-state index in [1.807, 2.05) is 19.9 Å². The van der Waals surface area contributed by atoms with Crippen molar-refractivity contribution in [1.29, 1.82) is 0 Å². The average molecular weight is 429 g/mol. The normalized spacial score (nSPS) is 16.0. The van der Waals surface area contributed by atoms with Crippen molar-refractivity contribution in [1.82, 2.24) is 15.0 Å². The number of Topliss-reactive ketones (excluding diaryl/α,β-unsaturated/α-hetero) is 1. The topological polar surface area (TPSA) is 77.0 Å². The number of fused-ring (bicyclic) bond motifs is 1. The van der Waals surface area contributed by atoms with E-state index in [1.165, 1.54) is 23.5 Å². The van der Waals surface area contributed by atoms with E-state index in [9.17, 15) is 9.18 Å². The maximum absolute atomic E-state index is 13.6. The van der Waals surface area contributed by atoms with E-state index in [-0.39, 0.29) is 17.6 Å². The molecule has 1 aromatic carbocycles. The molecule has 1 aliphatic rings. The first-order valence-electron chi connectivity index (χ1n) is 10.3. The Kier molecular flexibility index (Phi) is 6.34. The molecular formula is C22H25FN4O2S. The molecule has 1 saturated heterocycles. The quantitative estimate of drug-likeness (QED) is 0.528. The molecule has 1 aliphatic heterocycles. The molecular weight excluding hydrogens is 403 g/mol. The van der Waals surface area contributed by atoms with E-state index in [2.05, 4.69) is 20.3 Å². The Morgan fingerprint density at radius 2 is 2.10 bits per heavy atom. The Morgan fingerprint density at radius 1 is 1.30 bits per heavy atom. The molecule has 4 rings (SSSR count). The van der Waals surface area contributed by atoms with Gasteiger partial charge < -0.3 is 10.1 Å². The summed E-state index contributed by atoms with van der Waals surface area (Å²) in [5.41, 5.74) is 1.73. The maximum atomic E-state index is 13.6. The van der Waals surface area contributed by atoms with Gasteiger partial charge in [-0.15, -0.1) is 11.3 Å². The fraction of sp³-hybridized carbons (Fsp3) is 0.455. The highest BCUT2D eigenvalue weighted by Gasteiger charge is 2.21. The lowest BCUT2D eigenvalue weighted by Crippen LogP contribution is -2.17. The number of hydrogen-bond donors (Lipinski definition) is 1. The number of anilines is 1. The summed E-state index contributed by atoms with van der Waals surface area (Å²) < 4.78 is 19.7. The van der Waals surface area contributed by atoms with Crippen molar-refractivity contribution in [2.45, 2.75) is 45.6 Å². The lowest BCUT2D eigenvalue weighted by Gasteiger charge is -2.21. The van der Waals surface area contributed by atoms with Crippen molar-refractivity contribution < 1.29 is 13.9 Å². The molecule has 0 amide bonds. The zero-order valence-electron chi connectivity index (χ0n) is 17.2. The van der Waals surface area contributed by atoms with Crippen LogP contribution in [0.4, 0.5) is 10.3 Å². The number of ketones is 1. The second kappa shape index (κ2) is 9.14. The van der Waals surface area contributed by atoms with Crippen molar-refractivity contribution in [3.05, 3.63) is 46.3 Å². The van der Waals surface area contributed by atoms with Crippen LogP contribution < -0.4 is 5.32 Å². The standard InChI is InChI=1S/C22H25FN4O2S/c1-13(16-4-3-5-17(23)12-16)24-22-26-19(20-21(27-22)25-14(2)30-20)18(28)7-6-15-8-10-29-11-9-15/h3-5,12-13,15H,6-11H2,1-2H3,(H,24,26,27). The van der Waals surface area contributed by atoms with Crippen LogP contribution in [0.15, 0.2) is 24.3 Å². The molecule has 3 heterocycles. The van der Waals surface area contributed by atoms with E-state index in [0.29, 0.717) is 29.6 Å². The third kappa shape index (κ3) is 4.82. The van der Waals surface area contributed by atoms with E-state index in [0.717, 1.165) is 47.7 Å². The zero-order chi connectivity index (χ0) is 21.1. The van der Waals surface area contributed by atoms with Gasteiger partial charge in [-0.05, 0) is 56.7 Å².